The molecule has 0 saturated carbocycles. The van der Waals surface area contributed by atoms with Crippen LogP contribution in [-0.2, 0) is 14.9 Å². The van der Waals surface area contributed by atoms with Crippen LogP contribution in [0.1, 0.15) is 5.56 Å². The molecule has 1 aliphatic heterocycles. The second kappa shape index (κ2) is 11.1. The maximum Gasteiger partial charge on any atom is 0.339 e. The molecule has 0 unspecified atom stereocenters. The highest BCUT2D eigenvalue weighted by Gasteiger charge is 2.34. The van der Waals surface area contributed by atoms with Crippen LogP contribution in [0.5, 0.6) is 17.2 Å². The van der Waals surface area contributed by atoms with E-state index in [2.05, 4.69) is 0 Å². The Morgan fingerprint density at radius 1 is 0.944 bits per heavy atom. The van der Waals surface area contributed by atoms with E-state index in [0.717, 1.165) is 16.7 Å². The third kappa shape index (κ3) is 6.01. The van der Waals surface area contributed by atoms with Gasteiger partial charge in [-0.1, -0.05) is 35.9 Å². The van der Waals surface area contributed by atoms with E-state index in [1.807, 2.05) is 0 Å². The van der Waals surface area contributed by atoms with E-state index in [4.69, 9.17) is 25.3 Å². The number of benzene rings is 3. The fourth-order valence-corrected chi connectivity index (χ4v) is 5.18. The van der Waals surface area contributed by atoms with Crippen molar-refractivity contribution in [2.75, 3.05) is 20.3 Å². The van der Waals surface area contributed by atoms with Gasteiger partial charge in [0.05, 0.1) is 23.6 Å². The van der Waals surface area contributed by atoms with E-state index in [-0.39, 0.29) is 28.7 Å². The molecule has 0 radical (unpaired) electrons. The molecule has 1 fully saturated rings. The van der Waals surface area contributed by atoms with E-state index in [1.54, 1.807) is 42.5 Å². The zero-order valence-corrected chi connectivity index (χ0v) is 21.3. The molecule has 4 rings (SSSR count). The Morgan fingerprint density at radius 2 is 1.61 bits per heavy atom. The molecule has 36 heavy (non-hydrogen) atoms. The van der Waals surface area contributed by atoms with Gasteiger partial charge in [-0.15, -0.1) is 0 Å². The quantitative estimate of drug-likeness (QED) is 0.266. The molecule has 1 aliphatic rings. The van der Waals surface area contributed by atoms with E-state index < -0.39 is 21.3 Å². The first-order valence-electron chi connectivity index (χ1n) is 10.6. The number of carbonyl (C=O) groups excluding carboxylic acids is 2. The van der Waals surface area contributed by atoms with Crippen molar-refractivity contribution in [2.24, 2.45) is 0 Å². The third-order valence-electron chi connectivity index (χ3n) is 5.01. The molecule has 3 aromatic rings. The van der Waals surface area contributed by atoms with Gasteiger partial charge in [0.1, 0.15) is 28.8 Å². The molecule has 0 spiro atoms. The lowest BCUT2D eigenvalue weighted by Crippen LogP contribution is -2.32. The van der Waals surface area contributed by atoms with Crippen molar-refractivity contribution in [2.45, 2.75) is 4.90 Å². The fraction of sp³-hybridized carbons (Fsp3) is 0.120. The predicted octanol–water partition coefficient (Wildman–Crippen LogP) is 5.23. The van der Waals surface area contributed by atoms with Gasteiger partial charge in [0, 0.05) is 0 Å². The second-order valence-electron chi connectivity index (χ2n) is 7.39. The van der Waals surface area contributed by atoms with Crippen LogP contribution in [-0.4, -0.2) is 44.7 Å². The maximum atomic E-state index is 12.7. The first-order valence-corrected chi connectivity index (χ1v) is 13.2. The number of hydrogen-bond acceptors (Lipinski definition) is 8. The Morgan fingerprint density at radius 3 is 2.28 bits per heavy atom. The van der Waals surface area contributed by atoms with Crippen LogP contribution in [0.15, 0.2) is 82.6 Å². The minimum absolute atomic E-state index is 0.0143. The van der Waals surface area contributed by atoms with Crippen molar-refractivity contribution in [3.63, 3.8) is 0 Å². The van der Waals surface area contributed by atoms with Crippen molar-refractivity contribution < 1.29 is 31.7 Å². The summed E-state index contributed by atoms with van der Waals surface area (Å²) < 4.78 is 40.8. The van der Waals surface area contributed by atoms with Crippen molar-refractivity contribution in [3.8, 4) is 17.2 Å². The van der Waals surface area contributed by atoms with Gasteiger partial charge in [-0.05, 0) is 71.9 Å². The number of thioether (sulfide) groups is 1. The van der Waals surface area contributed by atoms with E-state index in [1.165, 1.54) is 43.5 Å². The Hall–Kier alpha value is -3.47. The summed E-state index contributed by atoms with van der Waals surface area (Å²) in [5.74, 6) is 0.664. The predicted molar refractivity (Wildman–Crippen MR) is 137 cm³/mol. The Balaban J connectivity index is 1.38. The monoisotopic (exact) mass is 545 g/mol. The molecule has 3 aromatic carbocycles. The summed E-state index contributed by atoms with van der Waals surface area (Å²) in [6.07, 6.45) is 1.56. The lowest BCUT2D eigenvalue weighted by Gasteiger charge is -2.13. The zero-order chi connectivity index (χ0) is 25.7. The van der Waals surface area contributed by atoms with Crippen molar-refractivity contribution in [1.29, 1.82) is 0 Å². The first kappa shape index (κ1) is 25.6. The average molecular weight is 546 g/mol. The number of rotatable bonds is 9. The molecular formula is C25H20ClNO7S2. The standard InChI is InChI=1S/C25H20ClNO7S2/c1-32-18-10-12-20(13-11-18)36(30,31)34-19-8-6-17(7-9-19)16-23-24(28)27(25(29)35-23)14-15-33-22-5-3-2-4-21(22)26/h2-13,16H,14-15H2,1H3/b23-16-. The smallest absolute Gasteiger partial charge is 0.339 e. The summed E-state index contributed by atoms with van der Waals surface area (Å²) in [6.45, 7) is 0.174. The van der Waals surface area contributed by atoms with Crippen molar-refractivity contribution in [3.05, 3.63) is 88.3 Å². The lowest BCUT2D eigenvalue weighted by atomic mass is 10.2. The highest BCUT2D eigenvalue weighted by molar-refractivity contribution is 8.18. The summed E-state index contributed by atoms with van der Waals surface area (Å²) in [5.41, 5.74) is 0.599. The molecule has 0 bridgehead atoms. The molecule has 8 nitrogen and oxygen atoms in total. The second-order valence-corrected chi connectivity index (χ2v) is 10.3. The number of ether oxygens (including phenoxy) is 2. The van der Waals surface area contributed by atoms with Crippen LogP contribution in [0.2, 0.25) is 5.02 Å². The van der Waals surface area contributed by atoms with Gasteiger partial charge in [0.15, 0.2) is 0 Å². The van der Waals surface area contributed by atoms with Gasteiger partial charge in [-0.2, -0.15) is 8.42 Å². The number of hydrogen-bond donors (Lipinski definition) is 0. The van der Waals surface area contributed by atoms with Gasteiger partial charge in [0.2, 0.25) is 0 Å². The zero-order valence-electron chi connectivity index (χ0n) is 18.9. The van der Waals surface area contributed by atoms with Gasteiger partial charge < -0.3 is 13.7 Å². The van der Waals surface area contributed by atoms with E-state index >= 15 is 0 Å². The number of amides is 2. The number of methoxy groups -OCH3 is 1. The maximum absolute atomic E-state index is 12.7. The van der Waals surface area contributed by atoms with Gasteiger partial charge >= 0.3 is 10.1 Å². The molecule has 0 aliphatic carbocycles. The molecule has 2 amide bonds. The molecule has 1 saturated heterocycles. The van der Waals surface area contributed by atoms with Crippen LogP contribution in [0, 0.1) is 0 Å². The lowest BCUT2D eigenvalue weighted by molar-refractivity contribution is -0.123. The van der Waals surface area contributed by atoms with Gasteiger partial charge in [-0.3, -0.25) is 14.5 Å². The minimum atomic E-state index is -4.03. The Labute approximate surface area is 217 Å². The molecule has 186 valence electrons. The summed E-state index contributed by atoms with van der Waals surface area (Å²) in [4.78, 5) is 26.4. The van der Waals surface area contributed by atoms with Crippen LogP contribution in [0.3, 0.4) is 0 Å². The number of carbonyl (C=O) groups is 2. The van der Waals surface area contributed by atoms with Crippen LogP contribution < -0.4 is 13.7 Å². The summed E-state index contributed by atoms with van der Waals surface area (Å²) in [5, 5.41) is 0.0373. The summed E-state index contributed by atoms with van der Waals surface area (Å²) in [7, 11) is -2.54. The van der Waals surface area contributed by atoms with Gasteiger partial charge in [-0.25, -0.2) is 0 Å². The highest BCUT2D eigenvalue weighted by Crippen LogP contribution is 2.33. The molecule has 1 heterocycles. The van der Waals surface area contributed by atoms with Crippen LogP contribution in [0.25, 0.3) is 6.08 Å². The topological polar surface area (TPSA) is 99.2 Å². The molecule has 0 N–H and O–H groups in total. The average Bonchev–Trinajstić information content (AvgIpc) is 3.13. The van der Waals surface area contributed by atoms with Crippen LogP contribution in [0.4, 0.5) is 4.79 Å². The number of halogens is 1. The minimum Gasteiger partial charge on any atom is -0.497 e. The van der Waals surface area contributed by atoms with Crippen molar-refractivity contribution in [1.82, 2.24) is 4.90 Å². The summed E-state index contributed by atoms with van der Waals surface area (Å²) >= 11 is 6.87. The Kier molecular flexibility index (Phi) is 7.88. The number of para-hydroxylation sites is 1. The number of imide groups is 1. The highest BCUT2D eigenvalue weighted by atomic mass is 35.5. The molecular weight excluding hydrogens is 526 g/mol. The molecule has 0 aromatic heterocycles. The Bertz CT molecular complexity index is 1410. The SMILES string of the molecule is COc1ccc(S(=O)(=O)Oc2ccc(/C=C3\SC(=O)N(CCOc4ccccc4Cl)C3=O)cc2)cc1. The largest absolute Gasteiger partial charge is 0.497 e. The normalized spacial score (nSPS) is 14.8. The van der Waals surface area contributed by atoms with E-state index in [0.29, 0.717) is 22.1 Å². The van der Waals surface area contributed by atoms with Crippen LogP contribution >= 0.6 is 23.4 Å². The van der Waals surface area contributed by atoms with Gasteiger partial charge in [0.25, 0.3) is 11.1 Å². The van der Waals surface area contributed by atoms with Crippen molar-refractivity contribution >= 4 is 50.7 Å². The number of nitrogens with zero attached hydrogens (tertiary/aromatic N) is 1. The first-order chi connectivity index (χ1) is 17.3. The molecule has 11 heteroatoms. The molecule has 0 atom stereocenters. The fourth-order valence-electron chi connectivity index (χ4n) is 3.19. The van der Waals surface area contributed by atoms with E-state index in [9.17, 15) is 18.0 Å². The third-order valence-corrected chi connectivity index (χ3v) is 7.50. The summed E-state index contributed by atoms with van der Waals surface area (Å²) in [6, 6.07) is 18.9.